The molecule has 0 aromatic heterocycles. The molecule has 2 rings (SSSR count). The van der Waals surface area contributed by atoms with Crippen LogP contribution in [0.2, 0.25) is 0 Å². The number of benzene rings is 1. The fourth-order valence-corrected chi connectivity index (χ4v) is 4.19. The van der Waals surface area contributed by atoms with E-state index in [1.54, 1.807) is 12.1 Å². The van der Waals surface area contributed by atoms with Gasteiger partial charge in [-0.3, -0.25) is 9.69 Å². The number of carbonyl (C=O) groups excluding carboxylic acids is 1. The monoisotopic (exact) mass is 387 g/mol. The highest BCUT2D eigenvalue weighted by Crippen LogP contribution is 2.28. The molecule has 1 aromatic rings. The van der Waals surface area contributed by atoms with Crippen LogP contribution in [0.25, 0.3) is 0 Å². The summed E-state index contributed by atoms with van der Waals surface area (Å²) < 4.78 is 32.8. The molecule has 1 amide bonds. The number of anilines is 1. The van der Waals surface area contributed by atoms with Crippen LogP contribution in [0, 0.1) is 0 Å². The number of ether oxygens (including phenoxy) is 1. The topological polar surface area (TPSA) is 87.7 Å². The second-order valence-corrected chi connectivity index (χ2v) is 8.36. The zero-order valence-electron chi connectivity index (χ0n) is 14.6. The Balaban J connectivity index is 1.94. The third-order valence-electron chi connectivity index (χ3n) is 3.84. The molecular formula is C16H25N3O4S2. The lowest BCUT2D eigenvalue weighted by atomic mass is 10.3. The van der Waals surface area contributed by atoms with Gasteiger partial charge in [0.15, 0.2) is 0 Å². The van der Waals surface area contributed by atoms with Gasteiger partial charge in [0, 0.05) is 31.5 Å². The Morgan fingerprint density at radius 2 is 2.04 bits per heavy atom. The Labute approximate surface area is 153 Å². The van der Waals surface area contributed by atoms with E-state index in [1.807, 2.05) is 6.26 Å². The van der Waals surface area contributed by atoms with Gasteiger partial charge in [-0.15, -0.1) is 11.8 Å². The van der Waals surface area contributed by atoms with Gasteiger partial charge in [-0.2, -0.15) is 0 Å². The maximum Gasteiger partial charge on any atom is 0.240 e. The van der Waals surface area contributed by atoms with Crippen molar-refractivity contribution in [3.63, 3.8) is 0 Å². The van der Waals surface area contributed by atoms with E-state index in [0.29, 0.717) is 12.2 Å². The Morgan fingerprint density at radius 1 is 1.32 bits per heavy atom. The van der Waals surface area contributed by atoms with E-state index in [2.05, 4.69) is 14.9 Å². The van der Waals surface area contributed by atoms with Gasteiger partial charge >= 0.3 is 0 Å². The molecule has 1 aliphatic rings. The molecule has 0 saturated carbocycles. The molecule has 1 aliphatic heterocycles. The lowest BCUT2D eigenvalue weighted by Crippen LogP contribution is -2.38. The van der Waals surface area contributed by atoms with E-state index >= 15 is 0 Å². The van der Waals surface area contributed by atoms with Gasteiger partial charge in [0.2, 0.25) is 15.9 Å². The van der Waals surface area contributed by atoms with Crippen molar-refractivity contribution in [1.29, 1.82) is 0 Å². The average Bonchev–Trinajstić information content (AvgIpc) is 2.59. The van der Waals surface area contributed by atoms with Crippen molar-refractivity contribution in [2.75, 3.05) is 51.0 Å². The molecule has 1 fully saturated rings. The Morgan fingerprint density at radius 3 is 2.68 bits per heavy atom. The summed E-state index contributed by atoms with van der Waals surface area (Å²) in [5.41, 5.74) is 0.510. The average molecular weight is 388 g/mol. The number of hydrogen-bond acceptors (Lipinski definition) is 6. The SMILES string of the molecule is CSc1ccc(S(=O)(=O)NCCCN2CCOCC2)cc1NC(C)=O. The summed E-state index contributed by atoms with van der Waals surface area (Å²) in [4.78, 5) is 14.5. The third-order valence-corrected chi connectivity index (χ3v) is 6.09. The van der Waals surface area contributed by atoms with Crippen LogP contribution in [-0.2, 0) is 19.6 Å². The van der Waals surface area contributed by atoms with Crippen LogP contribution in [0.3, 0.4) is 0 Å². The number of sulfonamides is 1. The fourth-order valence-electron chi connectivity index (χ4n) is 2.56. The summed E-state index contributed by atoms with van der Waals surface area (Å²) in [5.74, 6) is -0.233. The second kappa shape index (κ2) is 9.54. The molecule has 25 heavy (non-hydrogen) atoms. The van der Waals surface area contributed by atoms with Gasteiger partial charge in [0.1, 0.15) is 0 Å². The van der Waals surface area contributed by atoms with Gasteiger partial charge < -0.3 is 10.1 Å². The lowest BCUT2D eigenvalue weighted by Gasteiger charge is -2.26. The van der Waals surface area contributed by atoms with Crippen molar-refractivity contribution in [2.24, 2.45) is 0 Å². The molecule has 1 heterocycles. The zero-order chi connectivity index (χ0) is 18.3. The van der Waals surface area contributed by atoms with Crippen molar-refractivity contribution >= 4 is 33.4 Å². The number of carbonyl (C=O) groups is 1. The zero-order valence-corrected chi connectivity index (χ0v) is 16.2. The fraction of sp³-hybridized carbons (Fsp3) is 0.562. The van der Waals surface area contributed by atoms with E-state index < -0.39 is 10.0 Å². The molecule has 0 radical (unpaired) electrons. The molecule has 2 N–H and O–H groups in total. The molecule has 0 unspecified atom stereocenters. The first-order chi connectivity index (χ1) is 11.9. The lowest BCUT2D eigenvalue weighted by molar-refractivity contribution is -0.114. The molecule has 0 spiro atoms. The Hall–Kier alpha value is -1.13. The third kappa shape index (κ3) is 6.27. The summed E-state index contributed by atoms with van der Waals surface area (Å²) in [5, 5.41) is 2.68. The number of rotatable bonds is 8. The van der Waals surface area contributed by atoms with Crippen LogP contribution < -0.4 is 10.0 Å². The van der Waals surface area contributed by atoms with Crippen LogP contribution in [0.5, 0.6) is 0 Å². The quantitative estimate of drug-likeness (QED) is 0.517. The number of nitrogens with zero attached hydrogens (tertiary/aromatic N) is 1. The summed E-state index contributed by atoms with van der Waals surface area (Å²) in [6.07, 6.45) is 2.61. The number of hydrogen-bond donors (Lipinski definition) is 2. The molecule has 0 atom stereocenters. The van der Waals surface area contributed by atoms with E-state index in [4.69, 9.17) is 4.74 Å². The highest BCUT2D eigenvalue weighted by molar-refractivity contribution is 7.98. The second-order valence-electron chi connectivity index (χ2n) is 5.75. The number of amides is 1. The first-order valence-electron chi connectivity index (χ1n) is 8.18. The van der Waals surface area contributed by atoms with E-state index in [0.717, 1.165) is 44.2 Å². The number of nitrogens with one attached hydrogen (secondary N) is 2. The molecular weight excluding hydrogens is 362 g/mol. The van der Waals surface area contributed by atoms with Crippen molar-refractivity contribution in [1.82, 2.24) is 9.62 Å². The summed E-state index contributed by atoms with van der Waals surface area (Å²) in [7, 11) is -3.60. The molecule has 0 aliphatic carbocycles. The number of thioether (sulfide) groups is 1. The van der Waals surface area contributed by atoms with Crippen LogP contribution in [-0.4, -0.2) is 64.9 Å². The molecule has 1 aromatic carbocycles. The Bertz CT molecular complexity index is 689. The van der Waals surface area contributed by atoms with Crippen LogP contribution in [0.4, 0.5) is 5.69 Å². The Kier molecular flexibility index (Phi) is 7.70. The predicted molar refractivity (Wildman–Crippen MR) is 99.6 cm³/mol. The van der Waals surface area contributed by atoms with Crippen LogP contribution in [0.1, 0.15) is 13.3 Å². The van der Waals surface area contributed by atoms with Crippen molar-refractivity contribution < 1.29 is 17.9 Å². The number of morpholine rings is 1. The van der Waals surface area contributed by atoms with E-state index in [9.17, 15) is 13.2 Å². The molecule has 1 saturated heterocycles. The van der Waals surface area contributed by atoms with Crippen LogP contribution in [0.15, 0.2) is 28.0 Å². The highest BCUT2D eigenvalue weighted by Gasteiger charge is 2.17. The minimum Gasteiger partial charge on any atom is -0.379 e. The largest absolute Gasteiger partial charge is 0.379 e. The highest BCUT2D eigenvalue weighted by atomic mass is 32.2. The van der Waals surface area contributed by atoms with Gasteiger partial charge in [-0.1, -0.05) is 0 Å². The standard InChI is InChI=1S/C16H25N3O4S2/c1-13(20)18-15-12-14(4-5-16(15)24-2)25(21,22)17-6-3-7-19-8-10-23-11-9-19/h4-5,12,17H,3,6-11H2,1-2H3,(H,18,20). The predicted octanol–water partition coefficient (Wildman–Crippen LogP) is 1.37. The minimum absolute atomic E-state index is 0.153. The molecule has 0 bridgehead atoms. The maximum absolute atomic E-state index is 12.5. The van der Waals surface area contributed by atoms with Gasteiger partial charge in [-0.05, 0) is 37.4 Å². The van der Waals surface area contributed by atoms with Gasteiger partial charge in [0.25, 0.3) is 0 Å². The first kappa shape index (κ1) is 20.2. The maximum atomic E-state index is 12.5. The van der Waals surface area contributed by atoms with Gasteiger partial charge in [0.05, 0.1) is 23.8 Å². The molecule has 140 valence electrons. The van der Waals surface area contributed by atoms with Crippen molar-refractivity contribution in [3.8, 4) is 0 Å². The van der Waals surface area contributed by atoms with Crippen molar-refractivity contribution in [3.05, 3.63) is 18.2 Å². The normalized spacial score (nSPS) is 15.9. The van der Waals surface area contributed by atoms with Crippen molar-refractivity contribution in [2.45, 2.75) is 23.1 Å². The summed E-state index contributed by atoms with van der Waals surface area (Å²) in [6.45, 7) is 5.87. The van der Waals surface area contributed by atoms with E-state index in [-0.39, 0.29) is 10.8 Å². The minimum atomic E-state index is -3.60. The summed E-state index contributed by atoms with van der Waals surface area (Å²) in [6, 6.07) is 4.76. The summed E-state index contributed by atoms with van der Waals surface area (Å²) >= 11 is 1.45. The molecule has 9 heteroatoms. The first-order valence-corrected chi connectivity index (χ1v) is 10.9. The smallest absolute Gasteiger partial charge is 0.240 e. The van der Waals surface area contributed by atoms with Gasteiger partial charge in [-0.25, -0.2) is 13.1 Å². The molecule has 7 nitrogen and oxygen atoms in total. The van der Waals surface area contributed by atoms with Crippen LogP contribution >= 0.6 is 11.8 Å². The van der Waals surface area contributed by atoms with E-state index in [1.165, 1.54) is 24.8 Å².